The van der Waals surface area contributed by atoms with E-state index >= 15 is 0 Å². The molecule has 0 saturated carbocycles. The van der Waals surface area contributed by atoms with E-state index in [1.54, 1.807) is 12.1 Å². The second-order valence-corrected chi connectivity index (χ2v) is 6.77. The van der Waals surface area contributed by atoms with Crippen molar-refractivity contribution in [2.75, 3.05) is 11.1 Å². The van der Waals surface area contributed by atoms with Gasteiger partial charge in [0, 0.05) is 23.4 Å². The third-order valence-electron chi connectivity index (χ3n) is 3.85. The number of carbonyl (C=O) groups excluding carboxylic acids is 3. The molecule has 1 heterocycles. The smallest absolute Gasteiger partial charge is 0.234 e. The number of benzene rings is 2. The Morgan fingerprint density at radius 1 is 0.960 bits per heavy atom. The van der Waals surface area contributed by atoms with E-state index in [1.165, 1.54) is 16.7 Å². The second kappa shape index (κ2) is 7.98. The van der Waals surface area contributed by atoms with Crippen LogP contribution in [0.5, 0.6) is 0 Å². The van der Waals surface area contributed by atoms with E-state index < -0.39 is 0 Å². The van der Waals surface area contributed by atoms with E-state index in [0.717, 1.165) is 10.5 Å². The maximum atomic E-state index is 12.0. The van der Waals surface area contributed by atoms with Gasteiger partial charge < -0.3 is 5.32 Å². The Morgan fingerprint density at radius 2 is 1.60 bits per heavy atom. The van der Waals surface area contributed by atoms with Crippen molar-refractivity contribution in [3.8, 4) is 0 Å². The molecule has 3 amide bonds. The largest absolute Gasteiger partial charge is 0.325 e. The summed E-state index contributed by atoms with van der Waals surface area (Å²) < 4.78 is 0. The van der Waals surface area contributed by atoms with Gasteiger partial charge in [-0.1, -0.05) is 30.3 Å². The number of imide groups is 1. The van der Waals surface area contributed by atoms with Gasteiger partial charge in [0.15, 0.2) is 0 Å². The topological polar surface area (TPSA) is 66.5 Å². The van der Waals surface area contributed by atoms with Gasteiger partial charge in [0.2, 0.25) is 17.7 Å². The van der Waals surface area contributed by atoms with Crippen molar-refractivity contribution in [1.82, 2.24) is 4.90 Å². The van der Waals surface area contributed by atoms with Crippen molar-refractivity contribution in [3.63, 3.8) is 0 Å². The Morgan fingerprint density at radius 3 is 2.24 bits per heavy atom. The number of likely N-dealkylation sites (tertiary alicyclic amines) is 1. The zero-order valence-electron chi connectivity index (χ0n) is 13.6. The van der Waals surface area contributed by atoms with Crippen LogP contribution in [0.15, 0.2) is 59.5 Å². The molecule has 0 bridgehead atoms. The van der Waals surface area contributed by atoms with Crippen LogP contribution >= 0.6 is 11.8 Å². The second-order valence-electron chi connectivity index (χ2n) is 5.72. The third-order valence-corrected chi connectivity index (χ3v) is 4.86. The number of carbonyl (C=O) groups is 3. The summed E-state index contributed by atoms with van der Waals surface area (Å²) in [6.07, 6.45) is 0.595. The fourth-order valence-corrected chi connectivity index (χ4v) is 3.26. The predicted molar refractivity (Wildman–Crippen MR) is 97.0 cm³/mol. The van der Waals surface area contributed by atoms with Gasteiger partial charge in [0.25, 0.3) is 0 Å². The molecule has 1 aliphatic rings. The molecule has 0 aliphatic carbocycles. The van der Waals surface area contributed by atoms with E-state index in [4.69, 9.17) is 0 Å². The molecular formula is C19H18N2O3S. The first-order chi connectivity index (χ1) is 12.1. The number of hydrogen-bond donors (Lipinski definition) is 1. The molecule has 0 atom stereocenters. The number of nitrogens with zero attached hydrogens (tertiary/aromatic N) is 1. The minimum Gasteiger partial charge on any atom is -0.325 e. The number of amides is 3. The number of anilines is 1. The summed E-state index contributed by atoms with van der Waals surface area (Å²) in [5.41, 5.74) is 1.56. The summed E-state index contributed by atoms with van der Waals surface area (Å²) in [7, 11) is 0. The highest BCUT2D eigenvalue weighted by Crippen LogP contribution is 2.19. The lowest BCUT2D eigenvalue weighted by atomic mass is 10.2. The van der Waals surface area contributed by atoms with E-state index in [0.29, 0.717) is 24.3 Å². The number of nitrogens with one attached hydrogen (secondary N) is 1. The molecule has 2 aromatic carbocycles. The zero-order chi connectivity index (χ0) is 17.6. The fourth-order valence-electron chi connectivity index (χ4n) is 2.54. The van der Waals surface area contributed by atoms with Crippen LogP contribution in [0.3, 0.4) is 0 Å². The van der Waals surface area contributed by atoms with Gasteiger partial charge >= 0.3 is 0 Å². The molecular weight excluding hydrogens is 336 g/mol. The SMILES string of the molecule is O=C(CSc1ccccc1)Nc1ccc(CN2C(=O)CCC2=O)cc1. The van der Waals surface area contributed by atoms with Crippen LogP contribution in [-0.2, 0) is 20.9 Å². The summed E-state index contributed by atoms with van der Waals surface area (Å²) >= 11 is 1.48. The molecule has 1 fully saturated rings. The molecule has 6 heteroatoms. The molecule has 0 radical (unpaired) electrons. The van der Waals surface area contributed by atoms with Crippen molar-refractivity contribution < 1.29 is 14.4 Å². The fraction of sp³-hybridized carbons (Fsp3) is 0.211. The van der Waals surface area contributed by atoms with Gasteiger partial charge in [-0.25, -0.2) is 0 Å². The average Bonchev–Trinajstić information content (AvgIpc) is 2.94. The molecule has 0 spiro atoms. The normalized spacial score (nSPS) is 14.0. The summed E-state index contributed by atoms with van der Waals surface area (Å²) in [6, 6.07) is 17.0. The van der Waals surface area contributed by atoms with Gasteiger partial charge in [-0.3, -0.25) is 19.3 Å². The zero-order valence-corrected chi connectivity index (χ0v) is 14.4. The molecule has 128 valence electrons. The molecule has 0 unspecified atom stereocenters. The molecule has 25 heavy (non-hydrogen) atoms. The maximum absolute atomic E-state index is 12.0. The molecule has 5 nitrogen and oxygen atoms in total. The van der Waals surface area contributed by atoms with E-state index in [9.17, 15) is 14.4 Å². The van der Waals surface area contributed by atoms with E-state index in [1.807, 2.05) is 42.5 Å². The first-order valence-corrected chi connectivity index (χ1v) is 9.00. The van der Waals surface area contributed by atoms with Crippen LogP contribution in [0.1, 0.15) is 18.4 Å². The predicted octanol–water partition coefficient (Wildman–Crippen LogP) is 3.07. The Bertz CT molecular complexity index is 759. The molecule has 2 aromatic rings. The van der Waals surface area contributed by atoms with Gasteiger partial charge in [-0.15, -0.1) is 11.8 Å². The monoisotopic (exact) mass is 354 g/mol. The van der Waals surface area contributed by atoms with Crippen molar-refractivity contribution >= 4 is 35.2 Å². The highest BCUT2D eigenvalue weighted by molar-refractivity contribution is 8.00. The Balaban J connectivity index is 1.51. The minimum absolute atomic E-state index is 0.0773. The first kappa shape index (κ1) is 17.2. The molecule has 1 saturated heterocycles. The van der Waals surface area contributed by atoms with Crippen molar-refractivity contribution in [2.24, 2.45) is 0 Å². The lowest BCUT2D eigenvalue weighted by molar-refractivity contribution is -0.139. The lowest BCUT2D eigenvalue weighted by Crippen LogP contribution is -2.28. The lowest BCUT2D eigenvalue weighted by Gasteiger charge is -2.14. The Labute approximate surface area is 150 Å². The highest BCUT2D eigenvalue weighted by atomic mass is 32.2. The molecule has 0 aromatic heterocycles. The van der Waals surface area contributed by atoms with Gasteiger partial charge in [0.1, 0.15) is 0 Å². The standard InChI is InChI=1S/C19H18N2O3S/c22-17(13-25-16-4-2-1-3-5-16)20-15-8-6-14(7-9-15)12-21-18(23)10-11-19(21)24/h1-9H,10-13H2,(H,20,22). The quantitative estimate of drug-likeness (QED) is 0.639. The summed E-state index contributed by atoms with van der Waals surface area (Å²) in [5, 5.41) is 2.84. The molecule has 3 rings (SSSR count). The number of rotatable bonds is 6. The van der Waals surface area contributed by atoms with E-state index in [2.05, 4.69) is 5.32 Å². The van der Waals surface area contributed by atoms with Gasteiger partial charge in [-0.2, -0.15) is 0 Å². The van der Waals surface area contributed by atoms with Crippen LogP contribution in [0.25, 0.3) is 0 Å². The minimum atomic E-state index is -0.125. The van der Waals surface area contributed by atoms with Crippen molar-refractivity contribution in [1.29, 1.82) is 0 Å². The van der Waals surface area contributed by atoms with Gasteiger partial charge in [0.05, 0.1) is 12.3 Å². The number of thioether (sulfide) groups is 1. The van der Waals surface area contributed by atoms with Crippen LogP contribution in [0.4, 0.5) is 5.69 Å². The van der Waals surface area contributed by atoms with Crippen molar-refractivity contribution in [3.05, 3.63) is 60.2 Å². The van der Waals surface area contributed by atoms with Crippen LogP contribution < -0.4 is 5.32 Å². The summed E-state index contributed by atoms with van der Waals surface area (Å²) in [4.78, 5) is 37.6. The summed E-state index contributed by atoms with van der Waals surface area (Å²) in [6.45, 7) is 0.287. The highest BCUT2D eigenvalue weighted by Gasteiger charge is 2.28. The average molecular weight is 354 g/mol. The molecule has 1 N–H and O–H groups in total. The molecule has 1 aliphatic heterocycles. The van der Waals surface area contributed by atoms with Crippen molar-refractivity contribution in [2.45, 2.75) is 24.3 Å². The van der Waals surface area contributed by atoms with Crippen LogP contribution in [-0.4, -0.2) is 28.4 Å². The first-order valence-electron chi connectivity index (χ1n) is 8.01. The van der Waals surface area contributed by atoms with E-state index in [-0.39, 0.29) is 24.3 Å². The maximum Gasteiger partial charge on any atom is 0.234 e. The number of hydrogen-bond acceptors (Lipinski definition) is 4. The van der Waals surface area contributed by atoms with Gasteiger partial charge in [-0.05, 0) is 29.8 Å². The Hall–Kier alpha value is -2.60. The summed E-state index contributed by atoms with van der Waals surface area (Å²) in [5.74, 6) is 0.00913. The van der Waals surface area contributed by atoms with Crippen LogP contribution in [0, 0.1) is 0 Å². The third kappa shape index (κ3) is 4.70. The van der Waals surface area contributed by atoms with Crippen LogP contribution in [0.2, 0.25) is 0 Å². The Kier molecular flexibility index (Phi) is 5.50.